The van der Waals surface area contributed by atoms with E-state index < -0.39 is 12.0 Å². The number of hydrogen-bond donors (Lipinski definition) is 3. The fourth-order valence-corrected chi connectivity index (χ4v) is 5.05. The summed E-state index contributed by atoms with van der Waals surface area (Å²) in [6.07, 6.45) is 11.5. The third-order valence-electron chi connectivity index (χ3n) is 8.15. The van der Waals surface area contributed by atoms with Crippen LogP contribution in [0, 0.1) is 24.7 Å². The first-order valence-electron chi connectivity index (χ1n) is 15.4. The average molecular weight is 555 g/mol. The maximum Gasteiger partial charge on any atom is 0.320 e. The van der Waals surface area contributed by atoms with Crippen molar-refractivity contribution in [3.63, 3.8) is 0 Å². The third kappa shape index (κ3) is 11.6. The Morgan fingerprint density at radius 1 is 1.10 bits per heavy atom. The standard InChI is InChI=1S/C27H40N2O3.C7H14O/c1-7-22(13-19(6)25(30)8-2)26(17(3)4)29-23-15-21(10-9-18(23)5)16-28-24(27(31)32)14-20-11-12-20;1-2-7-3-5-8-6-4-7/h7,9-10,13,15,17,20,24,26,28-29H,8,11-12,14,16H2,1-6H3,(H,31,32);7H,2-6H2,1H3/b19-13-,22-7+;. The predicted molar refractivity (Wildman–Crippen MR) is 166 cm³/mol. The van der Waals surface area contributed by atoms with Crippen molar-refractivity contribution < 1.29 is 19.4 Å². The van der Waals surface area contributed by atoms with Crippen LogP contribution < -0.4 is 10.6 Å². The molecule has 1 heterocycles. The van der Waals surface area contributed by atoms with E-state index in [2.05, 4.69) is 62.6 Å². The van der Waals surface area contributed by atoms with E-state index in [-0.39, 0.29) is 11.8 Å². The lowest BCUT2D eigenvalue weighted by Gasteiger charge is -2.27. The first kappa shape index (κ1) is 33.8. The summed E-state index contributed by atoms with van der Waals surface area (Å²) in [4.78, 5) is 23.7. The molecular formula is C34H54N2O4. The molecule has 1 aliphatic carbocycles. The van der Waals surface area contributed by atoms with Crippen LogP contribution in [0.3, 0.4) is 0 Å². The van der Waals surface area contributed by atoms with Gasteiger partial charge in [0, 0.05) is 31.9 Å². The highest BCUT2D eigenvalue weighted by atomic mass is 16.5. The minimum atomic E-state index is -0.774. The van der Waals surface area contributed by atoms with Gasteiger partial charge in [-0.05, 0) is 86.1 Å². The summed E-state index contributed by atoms with van der Waals surface area (Å²) >= 11 is 0. The maximum atomic E-state index is 12.1. The molecule has 0 spiro atoms. The number of Topliss-reactive ketones (excluding diaryl/α,β-unsaturated/α-hetero) is 1. The lowest BCUT2D eigenvalue weighted by Crippen LogP contribution is -2.36. The van der Waals surface area contributed by atoms with Gasteiger partial charge in [-0.15, -0.1) is 0 Å². The molecule has 2 aliphatic rings. The number of carbonyl (C=O) groups excluding carboxylic acids is 1. The van der Waals surface area contributed by atoms with Crippen molar-refractivity contribution in [3.05, 3.63) is 52.6 Å². The van der Waals surface area contributed by atoms with Gasteiger partial charge in [-0.25, -0.2) is 0 Å². The third-order valence-corrected chi connectivity index (χ3v) is 8.15. The molecule has 40 heavy (non-hydrogen) atoms. The summed E-state index contributed by atoms with van der Waals surface area (Å²) in [6.45, 7) is 17.0. The molecule has 0 aromatic heterocycles. The molecular weight excluding hydrogens is 500 g/mol. The Morgan fingerprint density at radius 2 is 1.77 bits per heavy atom. The lowest BCUT2D eigenvalue weighted by molar-refractivity contribution is -0.139. The zero-order chi connectivity index (χ0) is 29.7. The van der Waals surface area contributed by atoms with E-state index in [4.69, 9.17) is 4.74 Å². The Labute approximate surface area is 243 Å². The van der Waals surface area contributed by atoms with E-state index in [0.717, 1.165) is 59.9 Å². The van der Waals surface area contributed by atoms with Gasteiger partial charge in [0.05, 0.1) is 6.04 Å². The van der Waals surface area contributed by atoms with Crippen LogP contribution in [0.4, 0.5) is 5.69 Å². The number of anilines is 1. The molecule has 2 fully saturated rings. The topological polar surface area (TPSA) is 87.7 Å². The van der Waals surface area contributed by atoms with E-state index in [1.165, 1.54) is 19.3 Å². The summed E-state index contributed by atoms with van der Waals surface area (Å²) in [7, 11) is 0. The number of aliphatic carboxylic acids is 1. The van der Waals surface area contributed by atoms with Gasteiger partial charge in [-0.3, -0.25) is 9.59 Å². The lowest BCUT2D eigenvalue weighted by atomic mass is 9.92. The molecule has 1 aliphatic heterocycles. The van der Waals surface area contributed by atoms with Gasteiger partial charge in [0.25, 0.3) is 0 Å². The predicted octanol–water partition coefficient (Wildman–Crippen LogP) is 7.47. The van der Waals surface area contributed by atoms with Crippen LogP contribution in [0.2, 0.25) is 0 Å². The number of nitrogens with one attached hydrogen (secondary N) is 2. The summed E-state index contributed by atoms with van der Waals surface area (Å²) < 4.78 is 5.20. The highest BCUT2D eigenvalue weighted by Crippen LogP contribution is 2.33. The van der Waals surface area contributed by atoms with Crippen molar-refractivity contribution in [2.24, 2.45) is 17.8 Å². The number of carboxylic acids is 1. The second-order valence-electron chi connectivity index (χ2n) is 11.8. The molecule has 6 heteroatoms. The SMILES string of the molecule is C/C=C(\C=C(\C)C(=O)CC)C(Nc1cc(CNC(CC2CC2)C(=O)O)ccc1C)C(C)C.CCC1CCOCC1. The number of allylic oxidation sites excluding steroid dienone is 2. The quantitative estimate of drug-likeness (QED) is 0.163. The molecule has 224 valence electrons. The Morgan fingerprint density at radius 3 is 2.27 bits per heavy atom. The Hall–Kier alpha value is -2.44. The average Bonchev–Trinajstić information content (AvgIpc) is 3.78. The zero-order valence-electron chi connectivity index (χ0n) is 26.0. The van der Waals surface area contributed by atoms with Crippen LogP contribution >= 0.6 is 0 Å². The van der Waals surface area contributed by atoms with E-state index >= 15 is 0 Å². The van der Waals surface area contributed by atoms with Crippen LogP contribution in [0.1, 0.15) is 97.6 Å². The van der Waals surface area contributed by atoms with Gasteiger partial charge in [-0.2, -0.15) is 0 Å². The van der Waals surface area contributed by atoms with Gasteiger partial charge in [-0.1, -0.05) is 71.2 Å². The number of hydrogen-bond acceptors (Lipinski definition) is 5. The van der Waals surface area contributed by atoms with Crippen LogP contribution in [-0.2, 0) is 20.9 Å². The second-order valence-corrected chi connectivity index (χ2v) is 11.8. The van der Waals surface area contributed by atoms with Crippen molar-refractivity contribution in [2.75, 3.05) is 18.5 Å². The first-order chi connectivity index (χ1) is 19.1. The molecule has 1 saturated heterocycles. The van der Waals surface area contributed by atoms with E-state index in [9.17, 15) is 14.7 Å². The normalized spacial score (nSPS) is 18.1. The van der Waals surface area contributed by atoms with Crippen molar-refractivity contribution in [2.45, 2.75) is 112 Å². The summed E-state index contributed by atoms with van der Waals surface area (Å²) in [5.41, 5.74) is 5.09. The number of carboxylic acid groups (broad SMARTS) is 1. The van der Waals surface area contributed by atoms with E-state index in [1.807, 2.05) is 26.8 Å². The molecule has 3 rings (SSSR count). The number of carbonyl (C=O) groups is 2. The largest absolute Gasteiger partial charge is 0.480 e. The van der Waals surface area contributed by atoms with Crippen molar-refractivity contribution in [1.82, 2.24) is 5.32 Å². The highest BCUT2D eigenvalue weighted by Gasteiger charge is 2.29. The van der Waals surface area contributed by atoms with Crippen LogP contribution in [0.25, 0.3) is 0 Å². The number of benzene rings is 1. The van der Waals surface area contributed by atoms with Gasteiger partial charge < -0.3 is 20.5 Å². The van der Waals surface area contributed by atoms with Gasteiger partial charge in [0.2, 0.25) is 0 Å². The number of aryl methyl sites for hydroxylation is 1. The molecule has 6 nitrogen and oxygen atoms in total. The molecule has 0 bridgehead atoms. The number of ether oxygens (including phenoxy) is 1. The number of ketones is 1. The van der Waals surface area contributed by atoms with Crippen LogP contribution in [-0.4, -0.2) is 42.2 Å². The van der Waals surface area contributed by atoms with E-state index in [1.54, 1.807) is 0 Å². The first-order valence-corrected chi connectivity index (χ1v) is 15.4. The second kappa shape index (κ2) is 17.4. The summed E-state index contributed by atoms with van der Waals surface area (Å²) in [6, 6.07) is 5.79. The maximum absolute atomic E-state index is 12.1. The van der Waals surface area contributed by atoms with Crippen molar-refractivity contribution in [3.8, 4) is 0 Å². The molecule has 3 N–H and O–H groups in total. The van der Waals surface area contributed by atoms with Crippen LogP contribution in [0.5, 0.6) is 0 Å². The smallest absolute Gasteiger partial charge is 0.320 e. The Bertz CT molecular complexity index is 1000. The molecule has 0 amide bonds. The van der Waals surface area contributed by atoms with E-state index in [0.29, 0.717) is 31.2 Å². The molecule has 1 saturated carbocycles. The molecule has 1 aromatic carbocycles. The summed E-state index contributed by atoms with van der Waals surface area (Å²) in [5, 5.41) is 16.4. The fraction of sp³-hybridized carbons (Fsp3) is 0.647. The Kier molecular flexibility index (Phi) is 14.7. The number of rotatable bonds is 14. The Balaban J connectivity index is 0.000000598. The zero-order valence-corrected chi connectivity index (χ0v) is 26.0. The summed E-state index contributed by atoms with van der Waals surface area (Å²) in [5.74, 6) is 1.22. The molecule has 1 aromatic rings. The van der Waals surface area contributed by atoms with Crippen LogP contribution in [0.15, 0.2) is 41.5 Å². The van der Waals surface area contributed by atoms with Gasteiger partial charge in [0.1, 0.15) is 6.04 Å². The fourth-order valence-electron chi connectivity index (χ4n) is 5.05. The molecule has 2 unspecified atom stereocenters. The molecule has 2 atom stereocenters. The minimum Gasteiger partial charge on any atom is -0.480 e. The minimum absolute atomic E-state index is 0.0585. The van der Waals surface area contributed by atoms with Gasteiger partial charge in [0.15, 0.2) is 5.78 Å². The van der Waals surface area contributed by atoms with Crippen molar-refractivity contribution >= 4 is 17.4 Å². The monoisotopic (exact) mass is 554 g/mol. The highest BCUT2D eigenvalue weighted by molar-refractivity contribution is 5.95. The van der Waals surface area contributed by atoms with Crippen molar-refractivity contribution in [1.29, 1.82) is 0 Å². The molecule has 0 radical (unpaired) electrons. The van der Waals surface area contributed by atoms with Gasteiger partial charge >= 0.3 is 5.97 Å².